The molecule has 3 aromatic carbocycles. The summed E-state index contributed by atoms with van der Waals surface area (Å²) in [5.41, 5.74) is 3.59. The monoisotopic (exact) mass is 508 g/mol. The Labute approximate surface area is 215 Å². The Bertz CT molecular complexity index is 1250. The zero-order valence-corrected chi connectivity index (χ0v) is 22.5. The van der Waals surface area contributed by atoms with Gasteiger partial charge in [0.05, 0.1) is 17.1 Å². The first kappa shape index (κ1) is 27.3. The van der Waals surface area contributed by atoms with E-state index in [2.05, 4.69) is 33.0 Å². The van der Waals surface area contributed by atoms with Crippen LogP contribution in [-0.2, 0) is 14.8 Å². The van der Waals surface area contributed by atoms with Gasteiger partial charge in [-0.1, -0.05) is 75.7 Å². The Morgan fingerprint density at radius 1 is 0.889 bits per heavy atom. The molecular weight excluding hydrogens is 472 g/mol. The molecule has 0 spiro atoms. The van der Waals surface area contributed by atoms with Gasteiger partial charge in [0.15, 0.2) is 0 Å². The maximum absolute atomic E-state index is 13.5. The Balaban J connectivity index is 1.73. The van der Waals surface area contributed by atoms with Gasteiger partial charge in [0.1, 0.15) is 18.9 Å². The van der Waals surface area contributed by atoms with Crippen LogP contribution in [0.4, 0.5) is 5.69 Å². The number of nitrogens with zero attached hydrogens (tertiary/aromatic N) is 1. The second-order valence-electron chi connectivity index (χ2n) is 9.46. The third-order valence-electron chi connectivity index (χ3n) is 5.97. The number of hydrogen-bond acceptors (Lipinski definition) is 4. The highest BCUT2D eigenvalue weighted by Crippen LogP contribution is 2.27. The van der Waals surface area contributed by atoms with Crippen molar-refractivity contribution in [2.75, 3.05) is 24.0 Å². The third kappa shape index (κ3) is 6.88. The molecule has 0 atom stereocenters. The number of aryl methyl sites for hydroxylation is 1. The standard InChI is InChI=1S/C29H36N2O4S/c1-21(2)24-12-14-25(15-13-24)31(36(33,34)26-16-10-23(5)11-17-26)20-29(32)30-18-19-35-28-9-7-6-8-27(28)22(3)4/h6-17,21-22H,18-20H2,1-5H3,(H,30,32). The number of anilines is 1. The number of carbonyl (C=O) groups excluding carboxylic acids is 1. The zero-order chi connectivity index (χ0) is 26.3. The first-order valence-corrected chi connectivity index (χ1v) is 13.7. The van der Waals surface area contributed by atoms with E-state index in [-0.39, 0.29) is 24.6 Å². The SMILES string of the molecule is Cc1ccc(S(=O)(=O)N(CC(=O)NCCOc2ccccc2C(C)C)c2ccc(C(C)C)cc2)cc1. The van der Waals surface area contributed by atoms with Gasteiger partial charge in [-0.2, -0.15) is 0 Å². The van der Waals surface area contributed by atoms with Crippen LogP contribution in [-0.4, -0.2) is 34.0 Å². The summed E-state index contributed by atoms with van der Waals surface area (Å²) in [7, 11) is -3.95. The van der Waals surface area contributed by atoms with Gasteiger partial charge < -0.3 is 10.1 Å². The summed E-state index contributed by atoms with van der Waals surface area (Å²) in [6, 6.07) is 21.8. The van der Waals surface area contributed by atoms with Crippen LogP contribution in [0.15, 0.2) is 77.7 Å². The van der Waals surface area contributed by atoms with Crippen molar-refractivity contribution < 1.29 is 17.9 Å². The van der Waals surface area contributed by atoms with Crippen molar-refractivity contribution in [1.82, 2.24) is 5.32 Å². The predicted molar refractivity (Wildman–Crippen MR) is 145 cm³/mol. The highest BCUT2D eigenvalue weighted by Gasteiger charge is 2.27. The van der Waals surface area contributed by atoms with Crippen molar-refractivity contribution in [1.29, 1.82) is 0 Å². The maximum Gasteiger partial charge on any atom is 0.264 e. The molecule has 1 N–H and O–H groups in total. The summed E-state index contributed by atoms with van der Waals surface area (Å²) in [5, 5.41) is 2.79. The molecule has 0 aliphatic heterocycles. The fourth-order valence-corrected chi connectivity index (χ4v) is 5.23. The van der Waals surface area contributed by atoms with Crippen LogP contribution < -0.4 is 14.4 Å². The molecule has 0 saturated heterocycles. The third-order valence-corrected chi connectivity index (χ3v) is 7.75. The zero-order valence-electron chi connectivity index (χ0n) is 21.7. The molecule has 0 aliphatic rings. The maximum atomic E-state index is 13.5. The smallest absolute Gasteiger partial charge is 0.264 e. The number of rotatable bonds is 11. The lowest BCUT2D eigenvalue weighted by Crippen LogP contribution is -2.42. The van der Waals surface area contributed by atoms with E-state index < -0.39 is 15.9 Å². The second-order valence-corrected chi connectivity index (χ2v) is 11.3. The van der Waals surface area contributed by atoms with Crippen LogP contribution in [0.2, 0.25) is 0 Å². The molecule has 0 aliphatic carbocycles. The highest BCUT2D eigenvalue weighted by molar-refractivity contribution is 7.92. The highest BCUT2D eigenvalue weighted by atomic mass is 32.2. The van der Waals surface area contributed by atoms with Gasteiger partial charge in [0.25, 0.3) is 10.0 Å². The molecule has 0 unspecified atom stereocenters. The minimum Gasteiger partial charge on any atom is -0.491 e. The molecular formula is C29H36N2O4S. The summed E-state index contributed by atoms with van der Waals surface area (Å²) in [6.07, 6.45) is 0. The van der Waals surface area contributed by atoms with E-state index in [0.29, 0.717) is 17.5 Å². The molecule has 1 amide bonds. The predicted octanol–water partition coefficient (Wildman–Crippen LogP) is 5.63. The lowest BCUT2D eigenvalue weighted by atomic mass is 10.0. The van der Waals surface area contributed by atoms with Crippen LogP contribution in [0, 0.1) is 6.92 Å². The Hall–Kier alpha value is -3.32. The Kier molecular flexibility index (Phi) is 9.15. The Morgan fingerprint density at radius 3 is 2.14 bits per heavy atom. The van der Waals surface area contributed by atoms with Gasteiger partial charge in [-0.05, 0) is 60.2 Å². The normalized spacial score (nSPS) is 11.5. The number of benzene rings is 3. The van der Waals surface area contributed by atoms with Crippen LogP contribution in [0.3, 0.4) is 0 Å². The molecule has 0 heterocycles. The first-order chi connectivity index (χ1) is 17.1. The lowest BCUT2D eigenvalue weighted by Gasteiger charge is -2.24. The summed E-state index contributed by atoms with van der Waals surface area (Å²) in [5.74, 6) is 1.01. The summed E-state index contributed by atoms with van der Waals surface area (Å²) in [6.45, 7) is 10.4. The van der Waals surface area contributed by atoms with E-state index in [1.807, 2.05) is 43.3 Å². The summed E-state index contributed by atoms with van der Waals surface area (Å²) in [4.78, 5) is 13.0. The van der Waals surface area contributed by atoms with Crippen LogP contribution in [0.25, 0.3) is 0 Å². The van der Waals surface area contributed by atoms with Gasteiger partial charge in [0.2, 0.25) is 5.91 Å². The number of amides is 1. The average molecular weight is 509 g/mol. The molecule has 0 aromatic heterocycles. The number of ether oxygens (including phenoxy) is 1. The van der Waals surface area contributed by atoms with E-state index in [4.69, 9.17) is 4.74 Å². The largest absolute Gasteiger partial charge is 0.491 e. The first-order valence-electron chi connectivity index (χ1n) is 12.3. The topological polar surface area (TPSA) is 75.7 Å². The lowest BCUT2D eigenvalue weighted by molar-refractivity contribution is -0.119. The molecule has 6 nitrogen and oxygen atoms in total. The number of nitrogens with one attached hydrogen (secondary N) is 1. The van der Waals surface area contributed by atoms with Crippen molar-refractivity contribution in [2.24, 2.45) is 0 Å². The number of sulfonamides is 1. The quantitative estimate of drug-likeness (QED) is 0.341. The van der Waals surface area contributed by atoms with Gasteiger partial charge in [0, 0.05) is 0 Å². The van der Waals surface area contributed by atoms with E-state index in [1.54, 1.807) is 36.4 Å². The van der Waals surface area contributed by atoms with E-state index in [1.165, 1.54) is 0 Å². The number of hydrogen-bond donors (Lipinski definition) is 1. The number of para-hydroxylation sites is 1. The van der Waals surface area contributed by atoms with E-state index >= 15 is 0 Å². The van der Waals surface area contributed by atoms with Crippen LogP contribution in [0.5, 0.6) is 5.75 Å². The Morgan fingerprint density at radius 2 is 1.53 bits per heavy atom. The van der Waals surface area contributed by atoms with Crippen LogP contribution in [0.1, 0.15) is 56.2 Å². The fraction of sp³-hybridized carbons (Fsp3) is 0.345. The van der Waals surface area contributed by atoms with Gasteiger partial charge in [-0.25, -0.2) is 8.42 Å². The average Bonchev–Trinajstić information content (AvgIpc) is 2.85. The molecule has 0 saturated carbocycles. The van der Waals surface area contributed by atoms with Crippen molar-refractivity contribution >= 4 is 21.6 Å². The number of carbonyl (C=O) groups is 1. The summed E-state index contributed by atoms with van der Waals surface area (Å²) >= 11 is 0. The van der Waals surface area contributed by atoms with E-state index in [0.717, 1.165) is 26.7 Å². The molecule has 0 fully saturated rings. The molecule has 36 heavy (non-hydrogen) atoms. The van der Waals surface area contributed by atoms with Crippen molar-refractivity contribution in [2.45, 2.75) is 51.3 Å². The minimum atomic E-state index is -3.95. The molecule has 192 valence electrons. The van der Waals surface area contributed by atoms with Gasteiger partial charge >= 0.3 is 0 Å². The molecule has 7 heteroatoms. The molecule has 3 rings (SSSR count). The second kappa shape index (κ2) is 12.1. The van der Waals surface area contributed by atoms with Crippen molar-refractivity contribution in [3.63, 3.8) is 0 Å². The van der Waals surface area contributed by atoms with Crippen LogP contribution >= 0.6 is 0 Å². The fourth-order valence-electron chi connectivity index (χ4n) is 3.80. The molecule has 0 radical (unpaired) electrons. The molecule has 0 bridgehead atoms. The van der Waals surface area contributed by atoms with E-state index in [9.17, 15) is 13.2 Å². The van der Waals surface area contributed by atoms with Crippen molar-refractivity contribution in [3.05, 3.63) is 89.5 Å². The van der Waals surface area contributed by atoms with Gasteiger partial charge in [-0.3, -0.25) is 9.10 Å². The molecule has 3 aromatic rings. The van der Waals surface area contributed by atoms with Crippen molar-refractivity contribution in [3.8, 4) is 5.75 Å². The summed E-state index contributed by atoms with van der Waals surface area (Å²) < 4.78 is 34.1. The minimum absolute atomic E-state index is 0.141. The van der Waals surface area contributed by atoms with Gasteiger partial charge in [-0.15, -0.1) is 0 Å².